The third-order valence-corrected chi connectivity index (χ3v) is 3.61. The van der Waals surface area contributed by atoms with E-state index in [1.165, 1.54) is 0 Å². The van der Waals surface area contributed by atoms with Crippen molar-refractivity contribution < 1.29 is 9.53 Å². The molecule has 0 amide bonds. The minimum atomic E-state index is -0.356. The van der Waals surface area contributed by atoms with Crippen LogP contribution in [-0.4, -0.2) is 22.0 Å². The van der Waals surface area contributed by atoms with E-state index in [-0.39, 0.29) is 5.97 Å². The Kier molecular flexibility index (Phi) is 4.11. The Morgan fingerprint density at radius 3 is 2.73 bits per heavy atom. The Bertz CT molecular complexity index is 809. The molecule has 0 unspecified atom stereocenters. The SMILES string of the molecule is CCOC(=O)c1c(Cc2ccc(Cl)cc2)nc2ccccn12. The fraction of sp³-hybridized carbons (Fsp3) is 0.176. The average Bonchev–Trinajstić information content (AvgIpc) is 2.87. The molecule has 2 aromatic heterocycles. The topological polar surface area (TPSA) is 43.6 Å². The van der Waals surface area contributed by atoms with Gasteiger partial charge in [0.05, 0.1) is 12.3 Å². The Balaban J connectivity index is 2.05. The second kappa shape index (κ2) is 6.20. The highest BCUT2D eigenvalue weighted by atomic mass is 35.5. The molecule has 0 radical (unpaired) electrons. The van der Waals surface area contributed by atoms with Gasteiger partial charge in [-0.3, -0.25) is 4.40 Å². The Labute approximate surface area is 133 Å². The normalized spacial score (nSPS) is 10.8. The van der Waals surface area contributed by atoms with Crippen molar-refractivity contribution in [2.75, 3.05) is 6.61 Å². The van der Waals surface area contributed by atoms with Crippen LogP contribution in [0.3, 0.4) is 0 Å². The number of rotatable bonds is 4. The quantitative estimate of drug-likeness (QED) is 0.689. The summed E-state index contributed by atoms with van der Waals surface area (Å²) in [4.78, 5) is 16.8. The molecule has 0 saturated heterocycles. The first-order valence-electron chi connectivity index (χ1n) is 7.06. The van der Waals surface area contributed by atoms with Crippen LogP contribution in [0.15, 0.2) is 48.7 Å². The second-order valence-electron chi connectivity index (χ2n) is 4.86. The Morgan fingerprint density at radius 2 is 2.00 bits per heavy atom. The maximum atomic E-state index is 12.3. The maximum Gasteiger partial charge on any atom is 0.357 e. The van der Waals surface area contributed by atoms with Crippen LogP contribution in [-0.2, 0) is 11.2 Å². The van der Waals surface area contributed by atoms with Crippen LogP contribution in [0.5, 0.6) is 0 Å². The number of ether oxygens (including phenoxy) is 1. The Morgan fingerprint density at radius 1 is 1.23 bits per heavy atom. The largest absolute Gasteiger partial charge is 0.461 e. The first-order chi connectivity index (χ1) is 10.7. The lowest BCUT2D eigenvalue weighted by Crippen LogP contribution is -2.11. The van der Waals surface area contributed by atoms with E-state index in [0.29, 0.717) is 29.4 Å². The van der Waals surface area contributed by atoms with Crippen molar-refractivity contribution in [1.29, 1.82) is 0 Å². The van der Waals surface area contributed by atoms with Gasteiger partial charge in [-0.15, -0.1) is 0 Å². The zero-order valence-corrected chi connectivity index (χ0v) is 12.9. The zero-order valence-electron chi connectivity index (χ0n) is 12.1. The molecule has 3 rings (SSSR count). The highest BCUT2D eigenvalue weighted by molar-refractivity contribution is 6.30. The van der Waals surface area contributed by atoms with Crippen LogP contribution in [0.1, 0.15) is 28.7 Å². The number of imidazole rings is 1. The van der Waals surface area contributed by atoms with Gasteiger partial charge in [0.1, 0.15) is 5.65 Å². The molecular weight excluding hydrogens is 300 g/mol. The lowest BCUT2D eigenvalue weighted by atomic mass is 10.1. The molecular formula is C17H15ClN2O2. The van der Waals surface area contributed by atoms with Crippen LogP contribution in [0.4, 0.5) is 0 Å². The standard InChI is InChI=1S/C17H15ClN2O2/c1-2-22-17(21)16-14(11-12-6-8-13(18)9-7-12)19-15-5-3-4-10-20(15)16/h3-10H,2,11H2,1H3. The smallest absolute Gasteiger partial charge is 0.357 e. The molecule has 0 aliphatic carbocycles. The number of fused-ring (bicyclic) bond motifs is 1. The molecule has 2 heterocycles. The Hall–Kier alpha value is -2.33. The number of hydrogen-bond acceptors (Lipinski definition) is 3. The molecule has 0 aliphatic heterocycles. The van der Waals surface area contributed by atoms with Crippen molar-refractivity contribution >= 4 is 23.2 Å². The summed E-state index contributed by atoms with van der Waals surface area (Å²) in [5.74, 6) is -0.356. The number of carbonyl (C=O) groups is 1. The van der Waals surface area contributed by atoms with E-state index in [0.717, 1.165) is 11.2 Å². The van der Waals surface area contributed by atoms with Crippen LogP contribution < -0.4 is 0 Å². The van der Waals surface area contributed by atoms with E-state index < -0.39 is 0 Å². The summed E-state index contributed by atoms with van der Waals surface area (Å²) in [5.41, 5.74) is 2.95. The highest BCUT2D eigenvalue weighted by Gasteiger charge is 2.20. The molecule has 0 spiro atoms. The lowest BCUT2D eigenvalue weighted by Gasteiger charge is -2.05. The van der Waals surface area contributed by atoms with Crippen molar-refractivity contribution in [2.24, 2.45) is 0 Å². The second-order valence-corrected chi connectivity index (χ2v) is 5.30. The first-order valence-corrected chi connectivity index (χ1v) is 7.44. The summed E-state index contributed by atoms with van der Waals surface area (Å²) in [6.07, 6.45) is 2.37. The molecule has 0 bridgehead atoms. The van der Waals surface area contributed by atoms with Gasteiger partial charge in [-0.2, -0.15) is 0 Å². The summed E-state index contributed by atoms with van der Waals surface area (Å²) >= 11 is 5.91. The number of aromatic nitrogens is 2. The van der Waals surface area contributed by atoms with Crippen molar-refractivity contribution in [2.45, 2.75) is 13.3 Å². The number of benzene rings is 1. The van der Waals surface area contributed by atoms with Gasteiger partial charge >= 0.3 is 5.97 Å². The van der Waals surface area contributed by atoms with Gasteiger partial charge in [0, 0.05) is 17.6 Å². The first kappa shape index (κ1) is 14.6. The number of hydrogen-bond donors (Lipinski definition) is 0. The fourth-order valence-corrected chi connectivity index (χ4v) is 2.50. The number of nitrogens with zero attached hydrogens (tertiary/aromatic N) is 2. The molecule has 0 fully saturated rings. The van der Waals surface area contributed by atoms with Crippen molar-refractivity contribution in [3.05, 3.63) is 70.6 Å². The molecule has 0 aliphatic rings. The number of carbonyl (C=O) groups excluding carboxylic acids is 1. The van der Waals surface area contributed by atoms with E-state index in [9.17, 15) is 4.79 Å². The van der Waals surface area contributed by atoms with E-state index in [1.54, 1.807) is 11.3 Å². The molecule has 1 aromatic carbocycles. The molecule has 0 N–H and O–H groups in total. The van der Waals surface area contributed by atoms with Gasteiger partial charge in [0.25, 0.3) is 0 Å². The van der Waals surface area contributed by atoms with E-state index in [4.69, 9.17) is 16.3 Å². The molecule has 5 heteroatoms. The van der Waals surface area contributed by atoms with Crippen LogP contribution in [0.2, 0.25) is 5.02 Å². The van der Waals surface area contributed by atoms with Crippen LogP contribution in [0, 0.1) is 0 Å². The van der Waals surface area contributed by atoms with Gasteiger partial charge in [-0.1, -0.05) is 29.8 Å². The predicted molar refractivity (Wildman–Crippen MR) is 85.4 cm³/mol. The van der Waals surface area contributed by atoms with Gasteiger partial charge in [-0.05, 0) is 36.8 Å². The van der Waals surface area contributed by atoms with Gasteiger partial charge < -0.3 is 4.74 Å². The van der Waals surface area contributed by atoms with Gasteiger partial charge in [-0.25, -0.2) is 9.78 Å². The van der Waals surface area contributed by atoms with E-state index in [1.807, 2.05) is 48.7 Å². The van der Waals surface area contributed by atoms with Crippen LogP contribution >= 0.6 is 11.6 Å². The third kappa shape index (κ3) is 2.83. The lowest BCUT2D eigenvalue weighted by molar-refractivity contribution is 0.0517. The molecule has 0 saturated carbocycles. The average molecular weight is 315 g/mol. The number of esters is 1. The molecule has 4 nitrogen and oxygen atoms in total. The fourth-order valence-electron chi connectivity index (χ4n) is 2.38. The van der Waals surface area contributed by atoms with Gasteiger partial charge in [0.15, 0.2) is 5.69 Å². The third-order valence-electron chi connectivity index (χ3n) is 3.36. The predicted octanol–water partition coefficient (Wildman–Crippen LogP) is 3.76. The van der Waals surface area contributed by atoms with Crippen molar-refractivity contribution in [1.82, 2.24) is 9.38 Å². The zero-order chi connectivity index (χ0) is 15.5. The molecule has 3 aromatic rings. The van der Waals surface area contributed by atoms with E-state index in [2.05, 4.69) is 4.98 Å². The number of pyridine rings is 1. The van der Waals surface area contributed by atoms with Crippen molar-refractivity contribution in [3.63, 3.8) is 0 Å². The summed E-state index contributed by atoms with van der Waals surface area (Å²) < 4.78 is 6.94. The molecule has 0 atom stereocenters. The van der Waals surface area contributed by atoms with E-state index >= 15 is 0 Å². The van der Waals surface area contributed by atoms with Crippen LogP contribution in [0.25, 0.3) is 5.65 Å². The number of halogens is 1. The summed E-state index contributed by atoms with van der Waals surface area (Å²) in [7, 11) is 0. The van der Waals surface area contributed by atoms with Gasteiger partial charge in [0.2, 0.25) is 0 Å². The minimum Gasteiger partial charge on any atom is -0.461 e. The maximum absolute atomic E-state index is 12.3. The summed E-state index contributed by atoms with van der Waals surface area (Å²) in [6.45, 7) is 2.12. The minimum absolute atomic E-state index is 0.333. The molecule has 112 valence electrons. The molecule has 22 heavy (non-hydrogen) atoms. The van der Waals surface area contributed by atoms with Crippen molar-refractivity contribution in [3.8, 4) is 0 Å². The summed E-state index contributed by atoms with van der Waals surface area (Å²) in [6, 6.07) is 13.1. The summed E-state index contributed by atoms with van der Waals surface area (Å²) in [5, 5.41) is 0.685. The monoisotopic (exact) mass is 314 g/mol. The highest BCUT2D eigenvalue weighted by Crippen LogP contribution is 2.19.